The van der Waals surface area contributed by atoms with Crippen molar-refractivity contribution in [2.24, 2.45) is 0 Å². The zero-order valence-corrected chi connectivity index (χ0v) is 15.9. The van der Waals surface area contributed by atoms with E-state index in [1.807, 2.05) is 37.3 Å². The van der Waals surface area contributed by atoms with Gasteiger partial charge >= 0.3 is 0 Å². The third kappa shape index (κ3) is 4.59. The number of hydrogen-bond acceptors (Lipinski definition) is 5. The molecular formula is C20H26N2O4. The highest BCUT2D eigenvalue weighted by Gasteiger charge is 2.20. The van der Waals surface area contributed by atoms with Gasteiger partial charge in [-0.2, -0.15) is 0 Å². The van der Waals surface area contributed by atoms with E-state index in [2.05, 4.69) is 5.32 Å². The Balaban J connectivity index is 2.10. The first-order chi connectivity index (χ1) is 12.5. The van der Waals surface area contributed by atoms with Crippen molar-refractivity contribution in [1.29, 1.82) is 0 Å². The standard InChI is InChI=1S/C20H26N2O4/c1-14(20(23)22(2)13-15-9-7-6-8-10-15)21-16-11-17(24-3)19(26-5)18(12-16)25-4/h6-12,14,21H,13H2,1-5H3/t14-/m1/s1. The second-order valence-electron chi connectivity index (χ2n) is 5.96. The Morgan fingerprint density at radius 2 is 1.62 bits per heavy atom. The molecule has 6 heteroatoms. The van der Waals surface area contributed by atoms with Crippen LogP contribution in [0.5, 0.6) is 17.2 Å². The fraction of sp³-hybridized carbons (Fsp3) is 0.350. The molecule has 0 aliphatic rings. The van der Waals surface area contributed by atoms with E-state index in [9.17, 15) is 4.79 Å². The van der Waals surface area contributed by atoms with E-state index in [-0.39, 0.29) is 5.91 Å². The lowest BCUT2D eigenvalue weighted by Crippen LogP contribution is -2.38. The van der Waals surface area contributed by atoms with Crippen molar-refractivity contribution >= 4 is 11.6 Å². The summed E-state index contributed by atoms with van der Waals surface area (Å²) in [5, 5.41) is 3.20. The van der Waals surface area contributed by atoms with Gasteiger partial charge in [0.25, 0.3) is 0 Å². The summed E-state index contributed by atoms with van der Waals surface area (Å²) in [7, 11) is 6.47. The molecule has 0 spiro atoms. The predicted molar refractivity (Wildman–Crippen MR) is 102 cm³/mol. The van der Waals surface area contributed by atoms with Crippen LogP contribution in [0.2, 0.25) is 0 Å². The van der Waals surface area contributed by atoms with Crippen LogP contribution >= 0.6 is 0 Å². The largest absolute Gasteiger partial charge is 0.493 e. The van der Waals surface area contributed by atoms with Gasteiger partial charge in [-0.25, -0.2) is 0 Å². The van der Waals surface area contributed by atoms with Crippen molar-refractivity contribution < 1.29 is 19.0 Å². The molecule has 0 saturated carbocycles. The Morgan fingerprint density at radius 1 is 1.04 bits per heavy atom. The van der Waals surface area contributed by atoms with Crippen LogP contribution in [0.1, 0.15) is 12.5 Å². The molecule has 1 atom stereocenters. The van der Waals surface area contributed by atoms with E-state index in [1.54, 1.807) is 45.4 Å². The molecule has 140 valence electrons. The summed E-state index contributed by atoms with van der Waals surface area (Å²) < 4.78 is 16.0. The Bertz CT molecular complexity index is 709. The molecule has 2 rings (SSSR count). The van der Waals surface area contributed by atoms with E-state index >= 15 is 0 Å². The summed E-state index contributed by atoms with van der Waals surface area (Å²) in [6, 6.07) is 13.0. The minimum absolute atomic E-state index is 0.0115. The van der Waals surface area contributed by atoms with Crippen LogP contribution < -0.4 is 19.5 Å². The summed E-state index contributed by atoms with van der Waals surface area (Å²) in [6.45, 7) is 2.38. The predicted octanol–water partition coefficient (Wildman–Crippen LogP) is 3.17. The number of carbonyl (C=O) groups excluding carboxylic acids is 1. The van der Waals surface area contributed by atoms with Crippen LogP contribution in [0.4, 0.5) is 5.69 Å². The molecule has 0 aliphatic carbocycles. The SMILES string of the molecule is COc1cc(N[C@H](C)C(=O)N(C)Cc2ccccc2)cc(OC)c1OC. The summed E-state index contributed by atoms with van der Waals surface area (Å²) in [5.41, 5.74) is 1.80. The Morgan fingerprint density at radius 3 is 2.12 bits per heavy atom. The lowest BCUT2D eigenvalue weighted by Gasteiger charge is -2.23. The van der Waals surface area contributed by atoms with Crippen molar-refractivity contribution in [1.82, 2.24) is 4.90 Å². The highest BCUT2D eigenvalue weighted by atomic mass is 16.5. The Labute approximate surface area is 154 Å². The molecule has 1 amide bonds. The fourth-order valence-electron chi connectivity index (χ4n) is 2.74. The molecule has 0 aliphatic heterocycles. The number of nitrogens with one attached hydrogen (secondary N) is 1. The molecule has 0 bridgehead atoms. The van der Waals surface area contributed by atoms with Crippen LogP contribution in [0.3, 0.4) is 0 Å². The maximum Gasteiger partial charge on any atom is 0.244 e. The number of amides is 1. The van der Waals surface area contributed by atoms with Crippen LogP contribution in [-0.4, -0.2) is 45.2 Å². The van der Waals surface area contributed by atoms with Crippen molar-refractivity contribution in [3.63, 3.8) is 0 Å². The second-order valence-corrected chi connectivity index (χ2v) is 5.96. The quantitative estimate of drug-likeness (QED) is 0.785. The normalized spacial score (nSPS) is 11.4. The number of rotatable bonds is 8. The van der Waals surface area contributed by atoms with Gasteiger partial charge in [-0.3, -0.25) is 4.79 Å². The minimum atomic E-state index is -0.411. The molecule has 1 N–H and O–H groups in total. The van der Waals surface area contributed by atoms with Gasteiger partial charge < -0.3 is 24.4 Å². The highest BCUT2D eigenvalue weighted by molar-refractivity contribution is 5.84. The number of ether oxygens (including phenoxy) is 3. The van der Waals surface area contributed by atoms with Crippen LogP contribution in [0.25, 0.3) is 0 Å². The first-order valence-corrected chi connectivity index (χ1v) is 8.35. The average Bonchev–Trinajstić information content (AvgIpc) is 2.67. The molecule has 0 aromatic heterocycles. The van der Waals surface area contributed by atoms with Crippen molar-refractivity contribution in [3.05, 3.63) is 48.0 Å². The van der Waals surface area contributed by atoms with Crippen molar-refractivity contribution in [2.75, 3.05) is 33.7 Å². The molecule has 0 radical (unpaired) electrons. The van der Waals surface area contributed by atoms with Crippen LogP contribution in [-0.2, 0) is 11.3 Å². The zero-order valence-electron chi connectivity index (χ0n) is 15.9. The maximum absolute atomic E-state index is 12.7. The Kier molecular flexibility index (Phi) is 6.72. The maximum atomic E-state index is 12.7. The van der Waals surface area contributed by atoms with E-state index in [4.69, 9.17) is 14.2 Å². The molecule has 0 fully saturated rings. The fourth-order valence-corrected chi connectivity index (χ4v) is 2.74. The number of anilines is 1. The van der Waals surface area contributed by atoms with Gasteiger partial charge in [0, 0.05) is 31.4 Å². The summed E-state index contributed by atoms with van der Waals surface area (Å²) in [6.07, 6.45) is 0. The lowest BCUT2D eigenvalue weighted by atomic mass is 10.2. The number of likely N-dealkylation sites (N-methyl/N-ethyl adjacent to an activating group) is 1. The van der Waals surface area contributed by atoms with Gasteiger partial charge in [-0.05, 0) is 12.5 Å². The van der Waals surface area contributed by atoms with Gasteiger partial charge in [0.1, 0.15) is 6.04 Å². The van der Waals surface area contributed by atoms with Gasteiger partial charge in [-0.15, -0.1) is 0 Å². The number of nitrogens with zero attached hydrogens (tertiary/aromatic N) is 1. The highest BCUT2D eigenvalue weighted by Crippen LogP contribution is 2.40. The average molecular weight is 358 g/mol. The van der Waals surface area contributed by atoms with E-state index in [0.29, 0.717) is 29.5 Å². The molecule has 6 nitrogen and oxygen atoms in total. The van der Waals surface area contributed by atoms with Crippen LogP contribution in [0.15, 0.2) is 42.5 Å². The first-order valence-electron chi connectivity index (χ1n) is 8.35. The topological polar surface area (TPSA) is 60.0 Å². The van der Waals surface area contributed by atoms with Crippen molar-refractivity contribution in [2.45, 2.75) is 19.5 Å². The molecule has 2 aromatic carbocycles. The van der Waals surface area contributed by atoms with E-state index < -0.39 is 6.04 Å². The van der Waals surface area contributed by atoms with Gasteiger partial charge in [0.2, 0.25) is 11.7 Å². The zero-order chi connectivity index (χ0) is 19.1. The molecule has 0 saturated heterocycles. The van der Waals surface area contributed by atoms with E-state index in [0.717, 1.165) is 5.56 Å². The summed E-state index contributed by atoms with van der Waals surface area (Å²) >= 11 is 0. The number of benzene rings is 2. The first kappa shape index (κ1) is 19.4. The molecule has 26 heavy (non-hydrogen) atoms. The number of methoxy groups -OCH3 is 3. The second kappa shape index (κ2) is 8.99. The minimum Gasteiger partial charge on any atom is -0.493 e. The lowest BCUT2D eigenvalue weighted by molar-refractivity contribution is -0.130. The molecule has 2 aromatic rings. The smallest absolute Gasteiger partial charge is 0.244 e. The van der Waals surface area contributed by atoms with Gasteiger partial charge in [0.05, 0.1) is 21.3 Å². The molecular weight excluding hydrogens is 332 g/mol. The molecule has 0 unspecified atom stereocenters. The summed E-state index contributed by atoms with van der Waals surface area (Å²) in [4.78, 5) is 14.4. The number of hydrogen-bond donors (Lipinski definition) is 1. The molecule has 0 heterocycles. The third-order valence-electron chi connectivity index (χ3n) is 4.06. The van der Waals surface area contributed by atoms with Gasteiger partial charge in [0.15, 0.2) is 11.5 Å². The third-order valence-corrected chi connectivity index (χ3v) is 4.06. The van der Waals surface area contributed by atoms with Gasteiger partial charge in [-0.1, -0.05) is 30.3 Å². The Hall–Kier alpha value is -2.89. The summed E-state index contributed by atoms with van der Waals surface area (Å²) in [5.74, 6) is 1.57. The monoisotopic (exact) mass is 358 g/mol. The van der Waals surface area contributed by atoms with E-state index in [1.165, 1.54) is 0 Å². The van der Waals surface area contributed by atoms with Crippen LogP contribution in [0, 0.1) is 0 Å². The number of carbonyl (C=O) groups is 1. The van der Waals surface area contributed by atoms with Crippen molar-refractivity contribution in [3.8, 4) is 17.2 Å².